The summed E-state index contributed by atoms with van der Waals surface area (Å²) >= 11 is 0. The normalized spacial score (nSPS) is 13.1. The molecule has 0 aliphatic carbocycles. The molecule has 0 saturated carbocycles. The minimum atomic E-state index is -0.741. The van der Waals surface area contributed by atoms with Crippen molar-refractivity contribution in [3.8, 4) is 6.07 Å². The number of hydrogen-bond acceptors (Lipinski definition) is 5. The summed E-state index contributed by atoms with van der Waals surface area (Å²) in [7, 11) is 0. The van der Waals surface area contributed by atoms with E-state index in [1.807, 2.05) is 19.9 Å². The van der Waals surface area contributed by atoms with Gasteiger partial charge in [0.1, 0.15) is 5.69 Å². The molecule has 7 nitrogen and oxygen atoms in total. The molecular weight excluding hydrogens is 260 g/mol. The summed E-state index contributed by atoms with van der Waals surface area (Å²) in [6.07, 6.45) is 0.726. The third-order valence-electron chi connectivity index (χ3n) is 3.14. The van der Waals surface area contributed by atoms with Gasteiger partial charge in [-0.15, -0.1) is 0 Å². The van der Waals surface area contributed by atoms with Gasteiger partial charge in [-0.05, 0) is 18.1 Å². The average molecular weight is 276 g/mol. The molecule has 0 aliphatic rings. The molecule has 0 saturated heterocycles. The standard InChI is InChI=1S/C13H16N4O3/c1-3-8(2)12(15)13(18)16-10-5-4-9(7-14)6-11(10)17(19)20/h4-6,8,12H,3,15H2,1-2H3,(H,16,18). The Labute approximate surface area is 116 Å². The largest absolute Gasteiger partial charge is 0.320 e. The summed E-state index contributed by atoms with van der Waals surface area (Å²) in [4.78, 5) is 22.2. The number of hydrogen-bond donors (Lipinski definition) is 2. The van der Waals surface area contributed by atoms with Crippen molar-refractivity contribution in [3.05, 3.63) is 33.9 Å². The van der Waals surface area contributed by atoms with Gasteiger partial charge in [-0.1, -0.05) is 20.3 Å². The summed E-state index contributed by atoms with van der Waals surface area (Å²) in [6.45, 7) is 3.74. The second-order valence-corrected chi connectivity index (χ2v) is 4.50. The van der Waals surface area contributed by atoms with E-state index < -0.39 is 16.9 Å². The zero-order valence-corrected chi connectivity index (χ0v) is 11.3. The van der Waals surface area contributed by atoms with E-state index in [1.165, 1.54) is 12.1 Å². The lowest BCUT2D eigenvalue weighted by molar-refractivity contribution is -0.383. The molecule has 1 aromatic carbocycles. The van der Waals surface area contributed by atoms with Gasteiger partial charge >= 0.3 is 0 Å². The molecule has 0 fully saturated rings. The van der Waals surface area contributed by atoms with Crippen LogP contribution in [0.25, 0.3) is 0 Å². The first kappa shape index (κ1) is 15.6. The van der Waals surface area contributed by atoms with Gasteiger partial charge in [0.25, 0.3) is 5.69 Å². The highest BCUT2D eigenvalue weighted by molar-refractivity contribution is 5.96. The average Bonchev–Trinajstić information content (AvgIpc) is 2.45. The quantitative estimate of drug-likeness (QED) is 0.627. The Morgan fingerprint density at radius 3 is 2.75 bits per heavy atom. The van der Waals surface area contributed by atoms with Crippen LogP contribution in [0, 0.1) is 27.4 Å². The number of nitrogens with one attached hydrogen (secondary N) is 1. The molecule has 3 N–H and O–H groups in total. The highest BCUT2D eigenvalue weighted by atomic mass is 16.6. The van der Waals surface area contributed by atoms with Crippen LogP contribution in [0.5, 0.6) is 0 Å². The van der Waals surface area contributed by atoms with Crippen LogP contribution in [-0.2, 0) is 4.79 Å². The van der Waals surface area contributed by atoms with Gasteiger partial charge in [0.2, 0.25) is 5.91 Å². The maximum Gasteiger partial charge on any atom is 0.294 e. The van der Waals surface area contributed by atoms with E-state index in [9.17, 15) is 14.9 Å². The van der Waals surface area contributed by atoms with E-state index in [-0.39, 0.29) is 22.9 Å². The Morgan fingerprint density at radius 2 is 2.25 bits per heavy atom. The molecule has 0 radical (unpaired) electrons. The van der Waals surface area contributed by atoms with Gasteiger partial charge in [0, 0.05) is 6.07 Å². The molecule has 2 unspecified atom stereocenters. The van der Waals surface area contributed by atoms with Crippen LogP contribution in [0.1, 0.15) is 25.8 Å². The number of rotatable bonds is 5. The molecular formula is C13H16N4O3. The molecule has 0 aromatic heterocycles. The van der Waals surface area contributed by atoms with Gasteiger partial charge in [-0.25, -0.2) is 0 Å². The lowest BCUT2D eigenvalue weighted by Crippen LogP contribution is -2.40. The number of nitro benzene ring substituents is 1. The highest BCUT2D eigenvalue weighted by Gasteiger charge is 2.23. The summed E-state index contributed by atoms with van der Waals surface area (Å²) in [5, 5.41) is 22.1. The van der Waals surface area contributed by atoms with Crippen LogP contribution in [0.4, 0.5) is 11.4 Å². The van der Waals surface area contributed by atoms with Crippen LogP contribution in [0.2, 0.25) is 0 Å². The fourth-order valence-corrected chi connectivity index (χ4v) is 1.59. The fourth-order valence-electron chi connectivity index (χ4n) is 1.59. The van der Waals surface area contributed by atoms with E-state index in [4.69, 9.17) is 11.0 Å². The van der Waals surface area contributed by atoms with E-state index in [2.05, 4.69) is 5.32 Å². The number of carbonyl (C=O) groups is 1. The molecule has 1 rings (SSSR count). The lowest BCUT2D eigenvalue weighted by atomic mass is 9.99. The first-order valence-electron chi connectivity index (χ1n) is 6.15. The fraction of sp³-hybridized carbons (Fsp3) is 0.385. The summed E-state index contributed by atoms with van der Waals surface area (Å²) in [6, 6.07) is 4.92. The minimum absolute atomic E-state index is 0.0348. The van der Waals surface area contributed by atoms with Crippen molar-refractivity contribution >= 4 is 17.3 Å². The van der Waals surface area contributed by atoms with Crippen LogP contribution < -0.4 is 11.1 Å². The van der Waals surface area contributed by atoms with Crippen molar-refractivity contribution in [2.75, 3.05) is 5.32 Å². The second-order valence-electron chi connectivity index (χ2n) is 4.50. The number of nitrogens with two attached hydrogens (primary N) is 1. The van der Waals surface area contributed by atoms with Crippen molar-refractivity contribution in [2.45, 2.75) is 26.3 Å². The Morgan fingerprint density at radius 1 is 1.60 bits per heavy atom. The number of anilines is 1. The number of benzene rings is 1. The lowest BCUT2D eigenvalue weighted by Gasteiger charge is -2.17. The number of amides is 1. The number of carbonyl (C=O) groups excluding carboxylic acids is 1. The zero-order chi connectivity index (χ0) is 15.3. The topological polar surface area (TPSA) is 122 Å². The summed E-state index contributed by atoms with van der Waals surface area (Å²) in [5.41, 5.74) is 5.64. The zero-order valence-electron chi connectivity index (χ0n) is 11.3. The maximum atomic E-state index is 11.9. The van der Waals surface area contributed by atoms with E-state index in [0.29, 0.717) is 0 Å². The van der Waals surface area contributed by atoms with Crippen molar-refractivity contribution in [3.63, 3.8) is 0 Å². The third-order valence-corrected chi connectivity index (χ3v) is 3.14. The molecule has 106 valence electrons. The first-order valence-corrected chi connectivity index (χ1v) is 6.15. The molecule has 1 aromatic rings. The first-order chi connectivity index (χ1) is 9.40. The Bertz CT molecular complexity index is 565. The number of nitrogens with zero attached hydrogens (tertiary/aromatic N) is 2. The van der Waals surface area contributed by atoms with Gasteiger partial charge in [-0.3, -0.25) is 14.9 Å². The van der Waals surface area contributed by atoms with Gasteiger partial charge in [-0.2, -0.15) is 5.26 Å². The van der Waals surface area contributed by atoms with Crippen molar-refractivity contribution in [1.82, 2.24) is 0 Å². The van der Waals surface area contributed by atoms with Crippen molar-refractivity contribution < 1.29 is 9.72 Å². The molecule has 2 atom stereocenters. The maximum absolute atomic E-state index is 11.9. The molecule has 1 amide bonds. The SMILES string of the molecule is CCC(C)C(N)C(=O)Nc1ccc(C#N)cc1[N+](=O)[O-]. The number of nitriles is 1. The van der Waals surface area contributed by atoms with Gasteiger partial charge < -0.3 is 11.1 Å². The Balaban J connectivity index is 3.01. The van der Waals surface area contributed by atoms with Crippen LogP contribution in [-0.4, -0.2) is 16.9 Å². The second kappa shape index (κ2) is 6.63. The molecule has 0 bridgehead atoms. The van der Waals surface area contributed by atoms with E-state index in [1.54, 1.807) is 0 Å². The van der Waals surface area contributed by atoms with Gasteiger partial charge in [0.15, 0.2) is 0 Å². The van der Waals surface area contributed by atoms with Crippen LogP contribution in [0.15, 0.2) is 18.2 Å². The van der Waals surface area contributed by atoms with E-state index in [0.717, 1.165) is 12.5 Å². The molecule has 20 heavy (non-hydrogen) atoms. The van der Waals surface area contributed by atoms with Crippen molar-refractivity contribution in [2.24, 2.45) is 11.7 Å². The minimum Gasteiger partial charge on any atom is -0.320 e. The van der Waals surface area contributed by atoms with Crippen LogP contribution >= 0.6 is 0 Å². The third kappa shape index (κ3) is 3.52. The monoisotopic (exact) mass is 276 g/mol. The van der Waals surface area contributed by atoms with Crippen molar-refractivity contribution in [1.29, 1.82) is 5.26 Å². The summed E-state index contributed by atoms with van der Waals surface area (Å²) < 4.78 is 0. The van der Waals surface area contributed by atoms with Gasteiger partial charge in [0.05, 0.1) is 22.6 Å². The molecule has 0 heterocycles. The predicted octanol–water partition coefficient (Wildman–Crippen LogP) is 1.78. The molecule has 0 spiro atoms. The smallest absolute Gasteiger partial charge is 0.294 e. The Kier molecular flexibility index (Phi) is 5.17. The molecule has 0 aliphatic heterocycles. The van der Waals surface area contributed by atoms with E-state index >= 15 is 0 Å². The summed E-state index contributed by atoms with van der Waals surface area (Å²) in [5.74, 6) is -0.514. The molecule has 7 heteroatoms. The number of nitro groups is 1. The Hall–Kier alpha value is -2.46. The predicted molar refractivity (Wildman–Crippen MR) is 73.9 cm³/mol. The highest BCUT2D eigenvalue weighted by Crippen LogP contribution is 2.25. The van der Waals surface area contributed by atoms with Crippen LogP contribution in [0.3, 0.4) is 0 Å².